The lowest BCUT2D eigenvalue weighted by molar-refractivity contribution is -0.111. The van der Waals surface area contributed by atoms with Crippen LogP contribution in [0.3, 0.4) is 0 Å². The molecule has 22 heavy (non-hydrogen) atoms. The Morgan fingerprint density at radius 2 is 1.91 bits per heavy atom. The van der Waals surface area contributed by atoms with E-state index in [4.69, 9.17) is 11.6 Å². The van der Waals surface area contributed by atoms with Gasteiger partial charge in [-0.25, -0.2) is 0 Å². The highest BCUT2D eigenvalue weighted by atomic mass is 35.5. The monoisotopic (exact) mass is 315 g/mol. The van der Waals surface area contributed by atoms with Gasteiger partial charge in [-0.2, -0.15) is 5.10 Å². The number of hydrogen-bond donors (Lipinski definition) is 1. The Labute approximate surface area is 135 Å². The average Bonchev–Trinajstić information content (AvgIpc) is 2.48. The normalized spacial score (nSPS) is 11.2. The molecular formula is C17H18ClN3O. The van der Waals surface area contributed by atoms with Crippen LogP contribution in [0.4, 0.5) is 11.4 Å². The molecule has 0 amide bonds. The predicted molar refractivity (Wildman–Crippen MR) is 92.8 cm³/mol. The van der Waals surface area contributed by atoms with E-state index >= 15 is 0 Å². The molecule has 2 aromatic carbocycles. The van der Waals surface area contributed by atoms with E-state index < -0.39 is 0 Å². The van der Waals surface area contributed by atoms with Gasteiger partial charge in [-0.1, -0.05) is 35.9 Å². The molecule has 2 aromatic rings. The number of nitrogens with one attached hydrogen (secondary N) is 1. The lowest BCUT2D eigenvalue weighted by Crippen LogP contribution is -2.33. The summed E-state index contributed by atoms with van der Waals surface area (Å²) in [5.41, 5.74) is 5.67. The molecular weight excluding hydrogens is 298 g/mol. The second-order valence-electron chi connectivity index (χ2n) is 4.96. The van der Waals surface area contributed by atoms with Crippen molar-refractivity contribution in [3.63, 3.8) is 0 Å². The fourth-order valence-electron chi connectivity index (χ4n) is 2.01. The van der Waals surface area contributed by atoms with Gasteiger partial charge in [0.05, 0.1) is 5.69 Å². The number of carbonyl (C=O) groups is 1. The van der Waals surface area contributed by atoms with E-state index in [1.165, 1.54) is 6.92 Å². The molecule has 0 aromatic heterocycles. The minimum Gasteiger partial charge on any atom is -0.325 e. The van der Waals surface area contributed by atoms with Crippen molar-refractivity contribution >= 4 is 34.6 Å². The van der Waals surface area contributed by atoms with Gasteiger partial charge in [0.25, 0.3) is 0 Å². The molecule has 0 aliphatic carbocycles. The molecule has 0 saturated heterocycles. The number of hydrogen-bond acceptors (Lipinski definition) is 3. The van der Waals surface area contributed by atoms with Crippen LogP contribution in [0.5, 0.6) is 0 Å². The van der Waals surface area contributed by atoms with Gasteiger partial charge in [-0.05, 0) is 36.8 Å². The second kappa shape index (κ2) is 7.09. The van der Waals surface area contributed by atoms with Crippen LogP contribution in [0.1, 0.15) is 12.5 Å². The Balaban J connectivity index is 2.28. The van der Waals surface area contributed by atoms with Crippen LogP contribution >= 0.6 is 11.6 Å². The summed E-state index contributed by atoms with van der Waals surface area (Å²) in [5, 5.41) is 4.87. The zero-order valence-corrected chi connectivity index (χ0v) is 13.6. The van der Waals surface area contributed by atoms with Gasteiger partial charge in [0.2, 0.25) is 0 Å². The molecule has 0 bridgehead atoms. The molecule has 0 spiro atoms. The molecule has 0 saturated carbocycles. The third-order valence-corrected chi connectivity index (χ3v) is 3.49. The molecule has 2 rings (SSSR count). The molecule has 0 radical (unpaired) electrons. The Bertz CT molecular complexity index is 713. The van der Waals surface area contributed by atoms with E-state index in [1.807, 2.05) is 43.3 Å². The first-order valence-corrected chi connectivity index (χ1v) is 7.26. The summed E-state index contributed by atoms with van der Waals surface area (Å²) in [4.78, 5) is 13.6. The van der Waals surface area contributed by atoms with Crippen molar-refractivity contribution in [2.45, 2.75) is 13.8 Å². The van der Waals surface area contributed by atoms with E-state index in [0.29, 0.717) is 10.9 Å². The van der Waals surface area contributed by atoms with Crippen molar-refractivity contribution in [1.29, 1.82) is 0 Å². The van der Waals surface area contributed by atoms with Crippen LogP contribution in [0.25, 0.3) is 0 Å². The Hall–Kier alpha value is -2.33. The van der Waals surface area contributed by atoms with E-state index in [-0.39, 0.29) is 5.78 Å². The molecule has 114 valence electrons. The Morgan fingerprint density at radius 1 is 1.18 bits per heavy atom. The molecule has 0 fully saturated rings. The van der Waals surface area contributed by atoms with E-state index in [1.54, 1.807) is 24.1 Å². The summed E-state index contributed by atoms with van der Waals surface area (Å²) < 4.78 is 0. The molecule has 5 heteroatoms. The quantitative estimate of drug-likeness (QED) is 0.525. The lowest BCUT2D eigenvalue weighted by atomic mass is 10.2. The number of benzene rings is 2. The molecule has 4 nitrogen and oxygen atoms in total. The summed E-state index contributed by atoms with van der Waals surface area (Å²) in [6, 6.07) is 15.0. The second-order valence-corrected chi connectivity index (χ2v) is 5.39. The number of carbonyl (C=O) groups excluding carboxylic acids is 1. The van der Waals surface area contributed by atoms with Crippen LogP contribution in [0.15, 0.2) is 53.6 Å². The number of anilines is 2. The maximum Gasteiger partial charge on any atom is 0.196 e. The summed E-state index contributed by atoms with van der Waals surface area (Å²) >= 11 is 6.00. The topological polar surface area (TPSA) is 44.7 Å². The predicted octanol–water partition coefficient (Wildman–Crippen LogP) is 4.10. The van der Waals surface area contributed by atoms with Crippen LogP contribution in [-0.4, -0.2) is 18.7 Å². The summed E-state index contributed by atoms with van der Waals surface area (Å²) in [5.74, 6) is 0.175. The van der Waals surface area contributed by atoms with Crippen molar-refractivity contribution < 1.29 is 4.79 Å². The molecule has 0 heterocycles. The van der Waals surface area contributed by atoms with E-state index in [2.05, 4.69) is 10.5 Å². The van der Waals surface area contributed by atoms with Crippen molar-refractivity contribution in [3.05, 3.63) is 59.1 Å². The van der Waals surface area contributed by atoms with Crippen LogP contribution in [0.2, 0.25) is 5.02 Å². The fourth-order valence-corrected chi connectivity index (χ4v) is 2.19. The van der Waals surface area contributed by atoms with Crippen molar-refractivity contribution in [2.24, 2.45) is 5.10 Å². The molecule has 0 unspecified atom stereocenters. The van der Waals surface area contributed by atoms with Gasteiger partial charge in [-0.15, -0.1) is 0 Å². The summed E-state index contributed by atoms with van der Waals surface area (Å²) in [6.07, 6.45) is 0. The van der Waals surface area contributed by atoms with Gasteiger partial charge in [-0.3, -0.25) is 10.2 Å². The SMILES string of the molecule is CC(=O)/C(=N\Nc1ccccc1C)N(C)c1cccc(Cl)c1. The first-order chi connectivity index (χ1) is 10.5. The third kappa shape index (κ3) is 3.86. The van der Waals surface area contributed by atoms with Gasteiger partial charge < -0.3 is 4.90 Å². The first-order valence-electron chi connectivity index (χ1n) is 6.88. The number of nitrogens with zero attached hydrogens (tertiary/aromatic N) is 2. The molecule has 0 aliphatic heterocycles. The maximum absolute atomic E-state index is 11.9. The zero-order valence-electron chi connectivity index (χ0n) is 12.8. The average molecular weight is 316 g/mol. The highest BCUT2D eigenvalue weighted by molar-refractivity contribution is 6.43. The number of para-hydroxylation sites is 1. The van der Waals surface area contributed by atoms with Crippen molar-refractivity contribution in [3.8, 4) is 0 Å². The smallest absolute Gasteiger partial charge is 0.196 e. The zero-order chi connectivity index (χ0) is 16.1. The largest absolute Gasteiger partial charge is 0.325 e. The van der Waals surface area contributed by atoms with Crippen molar-refractivity contribution in [2.75, 3.05) is 17.4 Å². The number of Topliss-reactive ketones (excluding diaryl/α,β-unsaturated/α-hetero) is 1. The lowest BCUT2D eigenvalue weighted by Gasteiger charge is -2.20. The summed E-state index contributed by atoms with van der Waals surface area (Å²) in [6.45, 7) is 3.46. The van der Waals surface area contributed by atoms with Crippen LogP contribution < -0.4 is 10.3 Å². The number of hydrazone groups is 1. The third-order valence-electron chi connectivity index (χ3n) is 3.26. The van der Waals surface area contributed by atoms with Gasteiger partial charge in [0, 0.05) is 24.7 Å². The van der Waals surface area contributed by atoms with Gasteiger partial charge in [0.1, 0.15) is 0 Å². The number of likely N-dealkylation sites (N-methyl/N-ethyl adjacent to an activating group) is 1. The number of ketones is 1. The Kier molecular flexibility index (Phi) is 5.17. The number of halogens is 1. The van der Waals surface area contributed by atoms with E-state index in [9.17, 15) is 4.79 Å². The minimum atomic E-state index is -0.136. The molecule has 0 aliphatic rings. The highest BCUT2D eigenvalue weighted by Crippen LogP contribution is 2.19. The number of aryl methyl sites for hydroxylation is 1. The van der Waals surface area contributed by atoms with E-state index in [0.717, 1.165) is 16.9 Å². The van der Waals surface area contributed by atoms with Gasteiger partial charge in [0.15, 0.2) is 11.6 Å². The number of rotatable bonds is 4. The van der Waals surface area contributed by atoms with Crippen LogP contribution in [-0.2, 0) is 4.79 Å². The Morgan fingerprint density at radius 3 is 2.55 bits per heavy atom. The summed E-state index contributed by atoms with van der Waals surface area (Å²) in [7, 11) is 1.78. The molecule has 1 N–H and O–H groups in total. The maximum atomic E-state index is 11.9. The highest BCUT2D eigenvalue weighted by Gasteiger charge is 2.14. The number of amidine groups is 1. The first kappa shape index (κ1) is 16.0. The molecule has 0 atom stereocenters. The standard InChI is InChI=1S/C17H18ClN3O/c1-12-7-4-5-10-16(12)19-20-17(13(2)22)21(3)15-9-6-8-14(18)11-15/h4-11,19H,1-3H3/b20-17+. The van der Waals surface area contributed by atoms with Gasteiger partial charge >= 0.3 is 0 Å². The fraction of sp³-hybridized carbons (Fsp3) is 0.176. The van der Waals surface area contributed by atoms with Crippen LogP contribution in [0, 0.1) is 6.92 Å². The minimum absolute atomic E-state index is 0.136. The van der Waals surface area contributed by atoms with Crippen molar-refractivity contribution in [1.82, 2.24) is 0 Å².